The number of nitrogens with zero attached hydrogens (tertiary/aromatic N) is 3. The van der Waals surface area contributed by atoms with Gasteiger partial charge in [-0.05, 0) is 30.7 Å². The first-order chi connectivity index (χ1) is 9.81. The number of unbranched alkanes of at least 4 members (excludes halogenated alkanes) is 1. The van der Waals surface area contributed by atoms with E-state index in [9.17, 15) is 0 Å². The molecule has 1 aromatic heterocycles. The summed E-state index contributed by atoms with van der Waals surface area (Å²) in [4.78, 5) is 8.35. The van der Waals surface area contributed by atoms with Crippen LogP contribution in [0.1, 0.15) is 25.3 Å². The van der Waals surface area contributed by atoms with Gasteiger partial charge in [0.2, 0.25) is 0 Å². The van der Waals surface area contributed by atoms with Crippen molar-refractivity contribution in [3.05, 3.63) is 42.2 Å². The number of nitrogens with one attached hydrogen (secondary N) is 2. The molecular weight excluding hydrogens is 250 g/mol. The van der Waals surface area contributed by atoms with E-state index in [1.807, 2.05) is 18.2 Å². The highest BCUT2D eigenvalue weighted by Gasteiger charge is 1.99. The first kappa shape index (κ1) is 13.8. The predicted molar refractivity (Wildman–Crippen MR) is 79.9 cm³/mol. The van der Waals surface area contributed by atoms with Crippen molar-refractivity contribution in [2.45, 2.75) is 19.8 Å². The second-order valence-electron chi connectivity index (χ2n) is 4.38. The highest BCUT2D eigenvalue weighted by molar-refractivity contribution is 5.59. The average molecular weight is 267 g/mol. The summed E-state index contributed by atoms with van der Waals surface area (Å²) in [5.74, 6) is 1.54. The standard InChI is InChI=1S/C15H17N5/c1-2-3-8-17-14-9-15(19-11-18-14)20-13-6-4-12(10-16)5-7-13/h4-7,9,11H,2-3,8H2,1H3,(H2,17,18,19,20). The zero-order chi connectivity index (χ0) is 14.2. The van der Waals surface area contributed by atoms with Gasteiger partial charge in [-0.1, -0.05) is 13.3 Å². The van der Waals surface area contributed by atoms with Crippen LogP contribution in [0, 0.1) is 11.3 Å². The maximum atomic E-state index is 8.76. The SMILES string of the molecule is CCCCNc1cc(Nc2ccc(C#N)cc2)ncn1. The molecule has 2 N–H and O–H groups in total. The van der Waals surface area contributed by atoms with Gasteiger partial charge in [0.15, 0.2) is 0 Å². The van der Waals surface area contributed by atoms with Crippen molar-refractivity contribution in [3.63, 3.8) is 0 Å². The highest BCUT2D eigenvalue weighted by atomic mass is 15.1. The summed E-state index contributed by atoms with van der Waals surface area (Å²) >= 11 is 0. The lowest BCUT2D eigenvalue weighted by Gasteiger charge is -2.08. The maximum Gasteiger partial charge on any atom is 0.135 e. The second kappa shape index (κ2) is 7.10. The molecule has 2 rings (SSSR count). The Bertz CT molecular complexity index is 586. The van der Waals surface area contributed by atoms with E-state index in [4.69, 9.17) is 5.26 Å². The van der Waals surface area contributed by atoms with Crippen LogP contribution >= 0.6 is 0 Å². The molecular formula is C15H17N5. The van der Waals surface area contributed by atoms with Crippen molar-refractivity contribution in [2.75, 3.05) is 17.2 Å². The third kappa shape index (κ3) is 3.95. The zero-order valence-corrected chi connectivity index (χ0v) is 11.4. The summed E-state index contributed by atoms with van der Waals surface area (Å²) in [5.41, 5.74) is 1.53. The van der Waals surface area contributed by atoms with E-state index in [1.165, 1.54) is 6.33 Å². The van der Waals surface area contributed by atoms with Gasteiger partial charge in [-0.3, -0.25) is 0 Å². The molecule has 0 aliphatic carbocycles. The minimum Gasteiger partial charge on any atom is -0.370 e. The van der Waals surface area contributed by atoms with Crippen LogP contribution in [0.5, 0.6) is 0 Å². The van der Waals surface area contributed by atoms with E-state index in [1.54, 1.807) is 12.1 Å². The van der Waals surface area contributed by atoms with Gasteiger partial charge in [0.1, 0.15) is 18.0 Å². The number of benzene rings is 1. The lowest BCUT2D eigenvalue weighted by molar-refractivity contribution is 0.830. The third-order valence-corrected chi connectivity index (χ3v) is 2.79. The Balaban J connectivity index is 2.01. The fourth-order valence-electron chi connectivity index (χ4n) is 1.69. The number of rotatable bonds is 6. The topological polar surface area (TPSA) is 73.6 Å². The minimum absolute atomic E-state index is 0.639. The molecule has 0 bridgehead atoms. The van der Waals surface area contributed by atoms with E-state index in [2.05, 4.69) is 33.6 Å². The average Bonchev–Trinajstić information content (AvgIpc) is 2.49. The zero-order valence-electron chi connectivity index (χ0n) is 11.4. The van der Waals surface area contributed by atoms with Gasteiger partial charge in [0, 0.05) is 18.3 Å². The monoisotopic (exact) mass is 267 g/mol. The summed E-state index contributed by atoms with van der Waals surface area (Å²) < 4.78 is 0. The normalized spacial score (nSPS) is 9.80. The van der Waals surface area contributed by atoms with Gasteiger partial charge in [-0.15, -0.1) is 0 Å². The highest BCUT2D eigenvalue weighted by Crippen LogP contribution is 2.16. The van der Waals surface area contributed by atoms with Gasteiger partial charge >= 0.3 is 0 Å². The summed E-state index contributed by atoms with van der Waals surface area (Å²) in [6.45, 7) is 3.06. The Morgan fingerprint density at radius 1 is 1.15 bits per heavy atom. The lowest BCUT2D eigenvalue weighted by Crippen LogP contribution is -2.04. The number of hydrogen-bond acceptors (Lipinski definition) is 5. The van der Waals surface area contributed by atoms with E-state index >= 15 is 0 Å². The number of anilines is 3. The van der Waals surface area contributed by atoms with Crippen molar-refractivity contribution in [3.8, 4) is 6.07 Å². The van der Waals surface area contributed by atoms with E-state index in [0.717, 1.165) is 36.7 Å². The van der Waals surface area contributed by atoms with E-state index in [0.29, 0.717) is 5.56 Å². The van der Waals surface area contributed by atoms with Crippen molar-refractivity contribution >= 4 is 17.3 Å². The van der Waals surface area contributed by atoms with Gasteiger partial charge in [-0.25, -0.2) is 9.97 Å². The van der Waals surface area contributed by atoms with Crippen LogP contribution in [0.2, 0.25) is 0 Å². The Hall–Kier alpha value is -2.61. The van der Waals surface area contributed by atoms with Crippen LogP contribution < -0.4 is 10.6 Å². The fraction of sp³-hybridized carbons (Fsp3) is 0.267. The number of hydrogen-bond donors (Lipinski definition) is 2. The summed E-state index contributed by atoms with van der Waals surface area (Å²) in [6, 6.07) is 11.2. The third-order valence-electron chi connectivity index (χ3n) is 2.79. The van der Waals surface area contributed by atoms with Gasteiger partial charge < -0.3 is 10.6 Å². The molecule has 0 saturated carbocycles. The first-order valence-electron chi connectivity index (χ1n) is 6.65. The smallest absolute Gasteiger partial charge is 0.135 e. The molecule has 0 atom stereocenters. The molecule has 1 aromatic carbocycles. The summed E-state index contributed by atoms with van der Waals surface area (Å²) in [6.07, 6.45) is 3.79. The van der Waals surface area contributed by atoms with Crippen LogP contribution in [-0.2, 0) is 0 Å². The van der Waals surface area contributed by atoms with Gasteiger partial charge in [0.25, 0.3) is 0 Å². The molecule has 0 fully saturated rings. The van der Waals surface area contributed by atoms with Crippen molar-refractivity contribution in [1.82, 2.24) is 9.97 Å². The summed E-state index contributed by atoms with van der Waals surface area (Å²) in [7, 11) is 0. The van der Waals surface area contributed by atoms with Crippen molar-refractivity contribution in [1.29, 1.82) is 5.26 Å². The molecule has 1 heterocycles. The molecule has 2 aromatic rings. The number of aromatic nitrogens is 2. The molecule has 0 amide bonds. The van der Waals surface area contributed by atoms with Gasteiger partial charge in [0.05, 0.1) is 11.6 Å². The summed E-state index contributed by atoms with van der Waals surface area (Å²) in [5, 5.41) is 15.2. The molecule has 0 spiro atoms. The molecule has 5 nitrogen and oxygen atoms in total. The van der Waals surface area contributed by atoms with Crippen LogP contribution in [-0.4, -0.2) is 16.5 Å². The second-order valence-corrected chi connectivity index (χ2v) is 4.38. The predicted octanol–water partition coefficient (Wildman–Crippen LogP) is 3.30. The Morgan fingerprint density at radius 2 is 1.90 bits per heavy atom. The minimum atomic E-state index is 0.639. The molecule has 0 aliphatic rings. The van der Waals surface area contributed by atoms with E-state index < -0.39 is 0 Å². The van der Waals surface area contributed by atoms with Crippen LogP contribution in [0.3, 0.4) is 0 Å². The molecule has 20 heavy (non-hydrogen) atoms. The Labute approximate surface area is 118 Å². The quantitative estimate of drug-likeness (QED) is 0.785. The molecule has 0 aliphatic heterocycles. The Morgan fingerprint density at radius 3 is 2.60 bits per heavy atom. The van der Waals surface area contributed by atoms with Crippen molar-refractivity contribution < 1.29 is 0 Å². The maximum absolute atomic E-state index is 8.76. The molecule has 0 radical (unpaired) electrons. The molecule has 0 saturated heterocycles. The molecule has 5 heteroatoms. The Kier molecular flexibility index (Phi) is 4.90. The van der Waals surface area contributed by atoms with Gasteiger partial charge in [-0.2, -0.15) is 5.26 Å². The lowest BCUT2D eigenvalue weighted by atomic mass is 10.2. The fourth-order valence-corrected chi connectivity index (χ4v) is 1.69. The first-order valence-corrected chi connectivity index (χ1v) is 6.65. The van der Waals surface area contributed by atoms with Crippen LogP contribution in [0.15, 0.2) is 36.7 Å². The number of nitriles is 1. The van der Waals surface area contributed by atoms with Crippen LogP contribution in [0.25, 0.3) is 0 Å². The van der Waals surface area contributed by atoms with Crippen molar-refractivity contribution in [2.24, 2.45) is 0 Å². The molecule has 102 valence electrons. The van der Waals surface area contributed by atoms with Crippen LogP contribution in [0.4, 0.5) is 17.3 Å². The molecule has 0 unspecified atom stereocenters. The largest absolute Gasteiger partial charge is 0.370 e. The van der Waals surface area contributed by atoms with E-state index in [-0.39, 0.29) is 0 Å².